The average molecular weight is 204 g/mol. The van der Waals surface area contributed by atoms with E-state index in [0.717, 1.165) is 0 Å². The topological polar surface area (TPSA) is 102 Å². The van der Waals surface area contributed by atoms with Crippen LogP contribution >= 0.6 is 0 Å². The lowest BCUT2D eigenvalue weighted by Gasteiger charge is -2.11. The lowest BCUT2D eigenvalue weighted by atomic mass is 10.3. The number of nitrogens with two attached hydrogens (primary N) is 1. The van der Waals surface area contributed by atoms with Crippen LogP contribution < -0.4 is 11.1 Å². The molecule has 0 aromatic rings. The molecule has 0 saturated heterocycles. The maximum atomic E-state index is 11.1. The van der Waals surface area contributed by atoms with Gasteiger partial charge in [-0.2, -0.15) is 0 Å². The van der Waals surface area contributed by atoms with Crippen LogP contribution in [-0.2, 0) is 14.3 Å². The third-order valence-corrected chi connectivity index (χ3v) is 1.39. The number of nitrogens with one attached hydrogen (secondary N) is 1. The van der Waals surface area contributed by atoms with Gasteiger partial charge in [0.1, 0.15) is 0 Å². The van der Waals surface area contributed by atoms with E-state index >= 15 is 0 Å². The van der Waals surface area contributed by atoms with Gasteiger partial charge in [0, 0.05) is 6.54 Å². The summed E-state index contributed by atoms with van der Waals surface area (Å²) in [6.45, 7) is 3.37. The molecule has 14 heavy (non-hydrogen) atoms. The highest BCUT2D eigenvalue weighted by molar-refractivity contribution is 6.01. The second-order valence-corrected chi connectivity index (χ2v) is 2.82. The second-order valence-electron chi connectivity index (χ2n) is 2.82. The fourth-order valence-corrected chi connectivity index (χ4v) is 0.697. The Morgan fingerprint density at radius 1 is 1.57 bits per heavy atom. The predicted octanol–water partition coefficient (Wildman–Crippen LogP) is -1.63. The van der Waals surface area contributed by atoms with Crippen molar-refractivity contribution in [1.29, 1.82) is 0 Å². The largest absolute Gasteiger partial charge is 0.464 e. The monoisotopic (exact) mass is 204 g/mol. The van der Waals surface area contributed by atoms with Gasteiger partial charge in [-0.15, -0.1) is 0 Å². The Hall–Kier alpha value is -1.14. The van der Waals surface area contributed by atoms with E-state index in [0.29, 0.717) is 0 Å². The van der Waals surface area contributed by atoms with Gasteiger partial charge in [-0.05, 0) is 13.8 Å². The van der Waals surface area contributed by atoms with Crippen LogP contribution in [0.15, 0.2) is 0 Å². The number of aliphatic hydroxyl groups excluding tert-OH is 1. The number of carbonyl (C=O) groups is 2. The second kappa shape index (κ2) is 6.33. The van der Waals surface area contributed by atoms with Gasteiger partial charge in [0.25, 0.3) is 0 Å². The number of amides is 1. The number of aliphatic hydroxyl groups is 1. The number of hydrogen-bond donors (Lipinski definition) is 3. The Morgan fingerprint density at radius 3 is 2.57 bits per heavy atom. The molecule has 0 bridgehead atoms. The van der Waals surface area contributed by atoms with Crippen LogP contribution in [-0.4, -0.2) is 42.3 Å². The average Bonchev–Trinajstić information content (AvgIpc) is 2.13. The SMILES string of the molecule is CCOC(=O)C(N)C(=O)NC[C@@H](C)O. The molecule has 1 unspecified atom stereocenters. The molecule has 0 aromatic carbocycles. The summed E-state index contributed by atoms with van der Waals surface area (Å²) in [7, 11) is 0. The zero-order chi connectivity index (χ0) is 11.1. The number of hydrogen-bond acceptors (Lipinski definition) is 5. The van der Waals surface area contributed by atoms with Crippen molar-refractivity contribution in [3.63, 3.8) is 0 Å². The first-order valence-electron chi connectivity index (χ1n) is 4.37. The molecule has 0 radical (unpaired) electrons. The normalized spacial score (nSPS) is 14.3. The molecular formula is C8H16N2O4. The van der Waals surface area contributed by atoms with Gasteiger partial charge in [0.05, 0.1) is 12.7 Å². The summed E-state index contributed by atoms with van der Waals surface area (Å²) in [6.07, 6.45) is -0.673. The highest BCUT2D eigenvalue weighted by Gasteiger charge is 2.22. The summed E-state index contributed by atoms with van der Waals surface area (Å²) in [4.78, 5) is 22.1. The Balaban J connectivity index is 3.92. The lowest BCUT2D eigenvalue weighted by Crippen LogP contribution is -2.48. The van der Waals surface area contributed by atoms with Crippen molar-refractivity contribution in [3.05, 3.63) is 0 Å². The van der Waals surface area contributed by atoms with Crippen molar-refractivity contribution in [2.24, 2.45) is 5.73 Å². The summed E-state index contributed by atoms with van der Waals surface area (Å²) >= 11 is 0. The molecule has 82 valence electrons. The van der Waals surface area contributed by atoms with Gasteiger partial charge >= 0.3 is 5.97 Å². The summed E-state index contributed by atoms with van der Waals surface area (Å²) in [5.41, 5.74) is 5.26. The molecule has 0 rings (SSSR count). The molecule has 4 N–H and O–H groups in total. The van der Waals surface area contributed by atoms with Crippen LogP contribution in [0, 0.1) is 0 Å². The maximum absolute atomic E-state index is 11.1. The molecule has 0 aliphatic heterocycles. The van der Waals surface area contributed by atoms with Crippen LogP contribution in [0.5, 0.6) is 0 Å². The molecule has 0 aromatic heterocycles. The van der Waals surface area contributed by atoms with Gasteiger partial charge < -0.3 is 20.9 Å². The zero-order valence-corrected chi connectivity index (χ0v) is 8.32. The van der Waals surface area contributed by atoms with E-state index < -0.39 is 24.0 Å². The molecule has 0 aliphatic rings. The summed E-state index contributed by atoms with van der Waals surface area (Å²) < 4.78 is 4.54. The molecule has 0 spiro atoms. The van der Waals surface area contributed by atoms with Crippen LogP contribution in [0.4, 0.5) is 0 Å². The maximum Gasteiger partial charge on any atom is 0.332 e. The Morgan fingerprint density at radius 2 is 2.14 bits per heavy atom. The first kappa shape index (κ1) is 12.9. The van der Waals surface area contributed by atoms with Crippen LogP contribution in [0.3, 0.4) is 0 Å². The molecule has 6 heteroatoms. The smallest absolute Gasteiger partial charge is 0.332 e. The first-order valence-corrected chi connectivity index (χ1v) is 4.37. The molecule has 0 saturated carbocycles. The van der Waals surface area contributed by atoms with Crippen molar-refractivity contribution in [1.82, 2.24) is 5.32 Å². The third kappa shape index (κ3) is 4.78. The van der Waals surface area contributed by atoms with Gasteiger partial charge in [-0.3, -0.25) is 4.79 Å². The highest BCUT2D eigenvalue weighted by Crippen LogP contribution is 1.86. The summed E-state index contributed by atoms with van der Waals surface area (Å²) in [5.74, 6) is -1.42. The third-order valence-electron chi connectivity index (χ3n) is 1.39. The quantitative estimate of drug-likeness (QED) is 0.369. The van der Waals surface area contributed by atoms with Crippen LogP contribution in [0.2, 0.25) is 0 Å². The fourth-order valence-electron chi connectivity index (χ4n) is 0.697. The standard InChI is InChI=1S/C8H16N2O4/c1-3-14-8(13)6(9)7(12)10-4-5(2)11/h5-6,11H,3-4,9H2,1-2H3,(H,10,12)/t5-,6?/m1/s1. The number of esters is 1. The van der Waals surface area contributed by atoms with E-state index in [4.69, 9.17) is 10.8 Å². The molecule has 0 fully saturated rings. The Labute approximate surface area is 82.4 Å². The molecule has 6 nitrogen and oxygen atoms in total. The van der Waals surface area contributed by atoms with Crippen molar-refractivity contribution in [3.8, 4) is 0 Å². The van der Waals surface area contributed by atoms with E-state index in [1.54, 1.807) is 6.92 Å². The summed E-state index contributed by atoms with van der Waals surface area (Å²) in [6, 6.07) is -1.33. The van der Waals surface area contributed by atoms with E-state index in [1.807, 2.05) is 0 Å². The van der Waals surface area contributed by atoms with Gasteiger partial charge in [-0.25, -0.2) is 4.79 Å². The first-order chi connectivity index (χ1) is 6.49. The van der Waals surface area contributed by atoms with Gasteiger partial charge in [0.15, 0.2) is 6.04 Å². The van der Waals surface area contributed by atoms with Gasteiger partial charge in [0.2, 0.25) is 5.91 Å². The number of ether oxygens (including phenoxy) is 1. The van der Waals surface area contributed by atoms with E-state index in [2.05, 4.69) is 10.1 Å². The van der Waals surface area contributed by atoms with Crippen molar-refractivity contribution in [2.75, 3.05) is 13.2 Å². The van der Waals surface area contributed by atoms with Gasteiger partial charge in [-0.1, -0.05) is 0 Å². The van der Waals surface area contributed by atoms with Crippen molar-refractivity contribution >= 4 is 11.9 Å². The highest BCUT2D eigenvalue weighted by atomic mass is 16.5. The minimum atomic E-state index is -1.33. The zero-order valence-electron chi connectivity index (χ0n) is 8.32. The van der Waals surface area contributed by atoms with Crippen molar-refractivity contribution in [2.45, 2.75) is 26.0 Å². The molecule has 0 heterocycles. The predicted molar refractivity (Wildman–Crippen MR) is 49.3 cm³/mol. The molecular weight excluding hydrogens is 188 g/mol. The van der Waals surface area contributed by atoms with Crippen molar-refractivity contribution < 1.29 is 19.4 Å². The number of rotatable bonds is 5. The Bertz CT molecular complexity index is 206. The van der Waals surface area contributed by atoms with Crippen LogP contribution in [0.25, 0.3) is 0 Å². The van der Waals surface area contributed by atoms with E-state index in [-0.39, 0.29) is 13.2 Å². The lowest BCUT2D eigenvalue weighted by molar-refractivity contribution is -0.148. The molecule has 1 amide bonds. The molecule has 0 aliphatic carbocycles. The minimum absolute atomic E-state index is 0.0614. The van der Waals surface area contributed by atoms with E-state index in [1.165, 1.54) is 6.92 Å². The minimum Gasteiger partial charge on any atom is -0.464 e. The van der Waals surface area contributed by atoms with E-state index in [9.17, 15) is 9.59 Å². The summed E-state index contributed by atoms with van der Waals surface area (Å²) in [5, 5.41) is 11.2. The Kier molecular flexibility index (Phi) is 5.82. The number of carbonyl (C=O) groups excluding carboxylic acids is 2. The molecule has 2 atom stereocenters. The van der Waals surface area contributed by atoms with Crippen LogP contribution in [0.1, 0.15) is 13.8 Å². The fraction of sp³-hybridized carbons (Fsp3) is 0.750.